The molecule has 6 nitrogen and oxygen atoms in total. The van der Waals surface area contributed by atoms with Gasteiger partial charge in [0.05, 0.1) is 0 Å². The molecular weight excluding hydrogens is 294 g/mol. The van der Waals surface area contributed by atoms with Gasteiger partial charge in [0.1, 0.15) is 5.82 Å². The highest BCUT2D eigenvalue weighted by Gasteiger charge is 2.52. The Kier molecular flexibility index (Phi) is 3.24. The van der Waals surface area contributed by atoms with Crippen LogP contribution in [0.25, 0.3) is 6.08 Å². The third-order valence-electron chi connectivity index (χ3n) is 3.87. The Bertz CT molecular complexity index is 776. The van der Waals surface area contributed by atoms with E-state index in [9.17, 15) is 4.79 Å². The van der Waals surface area contributed by atoms with Crippen molar-refractivity contribution >= 4 is 17.8 Å². The molecule has 1 saturated heterocycles. The van der Waals surface area contributed by atoms with Crippen LogP contribution in [0.2, 0.25) is 0 Å². The molecule has 23 heavy (non-hydrogen) atoms. The van der Waals surface area contributed by atoms with Gasteiger partial charge in [-0.05, 0) is 23.8 Å². The molecule has 2 aliphatic rings. The van der Waals surface area contributed by atoms with Crippen LogP contribution < -0.4 is 10.6 Å². The van der Waals surface area contributed by atoms with E-state index in [1.807, 2.05) is 42.5 Å². The lowest BCUT2D eigenvalue weighted by Gasteiger charge is -2.30. The first kappa shape index (κ1) is 13.8. The predicted molar refractivity (Wildman–Crippen MR) is 83.9 cm³/mol. The normalized spacial score (nSPS) is 21.3. The van der Waals surface area contributed by atoms with Crippen LogP contribution in [0.15, 0.2) is 54.4 Å². The van der Waals surface area contributed by atoms with Crippen molar-refractivity contribution in [2.45, 2.75) is 12.3 Å². The van der Waals surface area contributed by atoms with Gasteiger partial charge in [0.2, 0.25) is 0 Å². The van der Waals surface area contributed by atoms with E-state index >= 15 is 0 Å². The molecule has 1 amide bonds. The van der Waals surface area contributed by atoms with Gasteiger partial charge in [-0.2, -0.15) is 0 Å². The summed E-state index contributed by atoms with van der Waals surface area (Å²) in [7, 11) is 0. The average Bonchev–Trinajstić information content (AvgIpc) is 3.02. The minimum Gasteiger partial charge on any atom is -0.466 e. The molecular formula is C17H15N3O3. The molecule has 0 aliphatic carbocycles. The molecule has 0 saturated carbocycles. The Morgan fingerprint density at radius 3 is 3.00 bits per heavy atom. The summed E-state index contributed by atoms with van der Waals surface area (Å²) in [5.74, 6) is 0.738. The third-order valence-corrected chi connectivity index (χ3v) is 3.87. The number of carbonyl (C=O) groups excluding carboxylic acids is 1. The summed E-state index contributed by atoms with van der Waals surface area (Å²) >= 11 is 0. The molecule has 1 fully saturated rings. The van der Waals surface area contributed by atoms with E-state index in [-0.39, 0.29) is 12.7 Å². The van der Waals surface area contributed by atoms with E-state index in [1.54, 1.807) is 12.3 Å². The Balaban J connectivity index is 1.58. The Hall–Kier alpha value is -2.86. The summed E-state index contributed by atoms with van der Waals surface area (Å²) in [6, 6.07) is 13.4. The number of ether oxygens (including phenoxy) is 2. The average molecular weight is 309 g/mol. The van der Waals surface area contributed by atoms with E-state index in [4.69, 9.17) is 9.47 Å². The van der Waals surface area contributed by atoms with Crippen molar-refractivity contribution in [1.29, 1.82) is 0 Å². The first-order chi connectivity index (χ1) is 11.3. The number of fused-ring (bicyclic) bond motifs is 2. The fourth-order valence-corrected chi connectivity index (χ4v) is 2.68. The van der Waals surface area contributed by atoms with E-state index in [0.29, 0.717) is 18.1 Å². The van der Waals surface area contributed by atoms with Crippen LogP contribution in [-0.4, -0.2) is 23.4 Å². The molecule has 116 valence electrons. The number of aromatic nitrogens is 1. The minimum atomic E-state index is -1.35. The van der Waals surface area contributed by atoms with Gasteiger partial charge in [-0.3, -0.25) is 4.79 Å². The molecule has 4 rings (SSSR count). The van der Waals surface area contributed by atoms with Crippen LogP contribution in [0.1, 0.15) is 11.1 Å². The highest BCUT2D eigenvalue weighted by atomic mass is 16.7. The molecule has 0 spiro atoms. The highest BCUT2D eigenvalue weighted by molar-refractivity contribution is 5.94. The zero-order valence-electron chi connectivity index (χ0n) is 12.3. The number of amides is 1. The summed E-state index contributed by atoms with van der Waals surface area (Å²) in [6.45, 7) is 0.431. The zero-order chi connectivity index (χ0) is 15.7. The standard InChI is InChI=1S/C17H15N3O3/c21-16(19-10-12-5-2-1-3-6-12)17-14(22-11-23-17)9-13-7-4-8-18-15(13)20-17/h1-9H,10-11H2,(H,18,20)(H,19,21). The SMILES string of the molecule is O=C(NCc1ccccc1)C12Nc3ncccc3C=C1OCO2. The summed E-state index contributed by atoms with van der Waals surface area (Å²) < 4.78 is 11.1. The van der Waals surface area contributed by atoms with E-state index in [1.165, 1.54) is 0 Å². The maximum Gasteiger partial charge on any atom is 0.282 e. The second kappa shape index (κ2) is 5.40. The molecule has 0 bridgehead atoms. The molecule has 1 aromatic carbocycles. The minimum absolute atomic E-state index is 0.0194. The van der Waals surface area contributed by atoms with Gasteiger partial charge in [0, 0.05) is 18.3 Å². The summed E-state index contributed by atoms with van der Waals surface area (Å²) in [5, 5.41) is 5.96. The molecule has 0 radical (unpaired) electrons. The number of carbonyl (C=O) groups is 1. The monoisotopic (exact) mass is 309 g/mol. The molecule has 2 aromatic rings. The van der Waals surface area contributed by atoms with Crippen LogP contribution in [0.3, 0.4) is 0 Å². The fourth-order valence-electron chi connectivity index (χ4n) is 2.68. The maximum atomic E-state index is 12.7. The van der Waals surface area contributed by atoms with Crippen molar-refractivity contribution in [1.82, 2.24) is 10.3 Å². The first-order valence-electron chi connectivity index (χ1n) is 7.32. The van der Waals surface area contributed by atoms with Crippen LogP contribution in [0.4, 0.5) is 5.82 Å². The largest absolute Gasteiger partial charge is 0.466 e. The molecule has 1 aromatic heterocycles. The summed E-state index contributed by atoms with van der Waals surface area (Å²) in [4.78, 5) is 17.0. The van der Waals surface area contributed by atoms with Crippen LogP contribution in [0, 0.1) is 0 Å². The van der Waals surface area contributed by atoms with Crippen molar-refractivity contribution in [2.75, 3.05) is 12.1 Å². The van der Waals surface area contributed by atoms with Crippen LogP contribution >= 0.6 is 0 Å². The van der Waals surface area contributed by atoms with Gasteiger partial charge in [-0.1, -0.05) is 30.3 Å². The maximum absolute atomic E-state index is 12.7. The Morgan fingerprint density at radius 1 is 1.26 bits per heavy atom. The van der Waals surface area contributed by atoms with E-state index in [0.717, 1.165) is 11.1 Å². The van der Waals surface area contributed by atoms with Gasteiger partial charge in [-0.25, -0.2) is 4.98 Å². The third kappa shape index (κ3) is 2.33. The lowest BCUT2D eigenvalue weighted by molar-refractivity contribution is -0.136. The number of benzene rings is 1. The highest BCUT2D eigenvalue weighted by Crippen LogP contribution is 2.37. The van der Waals surface area contributed by atoms with Crippen molar-refractivity contribution in [3.8, 4) is 0 Å². The van der Waals surface area contributed by atoms with Crippen LogP contribution in [-0.2, 0) is 20.8 Å². The van der Waals surface area contributed by atoms with Gasteiger partial charge >= 0.3 is 0 Å². The van der Waals surface area contributed by atoms with Crippen molar-refractivity contribution < 1.29 is 14.3 Å². The van der Waals surface area contributed by atoms with Crippen molar-refractivity contribution in [2.24, 2.45) is 0 Å². The van der Waals surface area contributed by atoms with Crippen LogP contribution in [0.5, 0.6) is 0 Å². The number of rotatable bonds is 3. The molecule has 2 N–H and O–H groups in total. The molecule has 2 aliphatic heterocycles. The van der Waals surface area contributed by atoms with Crippen molar-refractivity contribution in [3.63, 3.8) is 0 Å². The van der Waals surface area contributed by atoms with Gasteiger partial charge in [-0.15, -0.1) is 0 Å². The lowest BCUT2D eigenvalue weighted by atomic mass is 10.0. The Labute approximate surface area is 133 Å². The number of hydrogen-bond donors (Lipinski definition) is 2. The molecule has 6 heteroatoms. The summed E-state index contributed by atoms with van der Waals surface area (Å²) in [5.41, 5.74) is 0.520. The van der Waals surface area contributed by atoms with E-state index in [2.05, 4.69) is 15.6 Å². The number of nitrogens with zero attached hydrogens (tertiary/aromatic N) is 1. The zero-order valence-corrected chi connectivity index (χ0v) is 12.3. The number of pyridine rings is 1. The van der Waals surface area contributed by atoms with E-state index < -0.39 is 5.72 Å². The quantitative estimate of drug-likeness (QED) is 0.905. The molecule has 1 unspecified atom stereocenters. The topological polar surface area (TPSA) is 72.5 Å². The number of hydrogen-bond acceptors (Lipinski definition) is 5. The Morgan fingerprint density at radius 2 is 2.13 bits per heavy atom. The summed E-state index contributed by atoms with van der Waals surface area (Å²) in [6.07, 6.45) is 3.45. The molecule has 1 atom stereocenters. The number of nitrogens with one attached hydrogen (secondary N) is 2. The van der Waals surface area contributed by atoms with Crippen molar-refractivity contribution in [3.05, 3.63) is 65.5 Å². The second-order valence-corrected chi connectivity index (χ2v) is 5.33. The fraction of sp³-hybridized carbons (Fsp3) is 0.176. The smallest absolute Gasteiger partial charge is 0.282 e. The predicted octanol–water partition coefficient (Wildman–Crippen LogP) is 1.86. The number of anilines is 1. The first-order valence-corrected chi connectivity index (χ1v) is 7.32. The van der Waals surface area contributed by atoms with Gasteiger partial charge < -0.3 is 20.1 Å². The van der Waals surface area contributed by atoms with Gasteiger partial charge in [0.15, 0.2) is 12.6 Å². The van der Waals surface area contributed by atoms with Gasteiger partial charge in [0.25, 0.3) is 11.6 Å². The molecule has 3 heterocycles. The lowest BCUT2D eigenvalue weighted by Crippen LogP contribution is -2.54. The second-order valence-electron chi connectivity index (χ2n) is 5.33.